The van der Waals surface area contributed by atoms with Crippen LogP contribution >= 0.6 is 0 Å². The lowest BCUT2D eigenvalue weighted by Gasteiger charge is -2.17. The number of hydrogen-bond acceptors (Lipinski definition) is 0. The Kier molecular flexibility index (Phi) is 10.2. The molecule has 0 aliphatic heterocycles. The molecule has 0 saturated carbocycles. The molecular weight excluding hydrogens is 192 g/mol. The minimum absolute atomic E-state index is 0.935. The minimum Gasteiger partial charge on any atom is -0.0654 e. The van der Waals surface area contributed by atoms with E-state index in [0.29, 0.717) is 0 Å². The molecule has 0 aromatic heterocycles. The number of rotatable bonds is 10. The highest BCUT2D eigenvalue weighted by molar-refractivity contribution is 4.61. The third-order valence-corrected chi connectivity index (χ3v) is 3.95. The van der Waals surface area contributed by atoms with Crippen LogP contribution in [0.1, 0.15) is 86.0 Å². The molecule has 0 fully saturated rings. The van der Waals surface area contributed by atoms with Crippen molar-refractivity contribution in [3.05, 3.63) is 0 Å². The minimum atomic E-state index is 0.935. The summed E-state index contributed by atoms with van der Waals surface area (Å²) in [6.45, 7) is 11.9. The molecule has 0 spiro atoms. The lowest BCUT2D eigenvalue weighted by atomic mass is 9.89. The lowest BCUT2D eigenvalue weighted by Crippen LogP contribution is -2.04. The summed E-state index contributed by atoms with van der Waals surface area (Å²) in [5.74, 6) is 2.82. The van der Waals surface area contributed by atoms with Gasteiger partial charge in [0.2, 0.25) is 0 Å². The SMILES string of the molecule is CCCCC(C)CC(C)CCCC(C)CC. The van der Waals surface area contributed by atoms with Crippen molar-refractivity contribution in [2.75, 3.05) is 0 Å². The van der Waals surface area contributed by atoms with E-state index in [-0.39, 0.29) is 0 Å². The monoisotopic (exact) mass is 226 g/mol. The van der Waals surface area contributed by atoms with Gasteiger partial charge in [-0.25, -0.2) is 0 Å². The van der Waals surface area contributed by atoms with Crippen LogP contribution in [0.5, 0.6) is 0 Å². The van der Waals surface area contributed by atoms with Crippen LogP contribution in [0.3, 0.4) is 0 Å². The van der Waals surface area contributed by atoms with Crippen LogP contribution in [-0.2, 0) is 0 Å². The van der Waals surface area contributed by atoms with Gasteiger partial charge in [-0.1, -0.05) is 79.6 Å². The second-order valence-electron chi connectivity index (χ2n) is 6.03. The van der Waals surface area contributed by atoms with Gasteiger partial charge < -0.3 is 0 Å². The van der Waals surface area contributed by atoms with E-state index >= 15 is 0 Å². The van der Waals surface area contributed by atoms with Gasteiger partial charge in [0.1, 0.15) is 0 Å². The van der Waals surface area contributed by atoms with Crippen molar-refractivity contribution in [2.24, 2.45) is 17.8 Å². The van der Waals surface area contributed by atoms with Gasteiger partial charge in [0.15, 0.2) is 0 Å². The van der Waals surface area contributed by atoms with Crippen LogP contribution in [0.25, 0.3) is 0 Å². The van der Waals surface area contributed by atoms with Gasteiger partial charge in [-0.05, 0) is 24.2 Å². The number of unbranched alkanes of at least 4 members (excludes halogenated alkanes) is 1. The first kappa shape index (κ1) is 16.0. The molecular formula is C16H34. The van der Waals surface area contributed by atoms with Crippen LogP contribution in [0.4, 0.5) is 0 Å². The molecule has 0 N–H and O–H groups in total. The molecule has 0 amide bonds. The molecule has 0 nitrogen and oxygen atoms in total. The van der Waals surface area contributed by atoms with Gasteiger partial charge in [0.25, 0.3) is 0 Å². The van der Waals surface area contributed by atoms with E-state index in [0.717, 1.165) is 17.8 Å². The van der Waals surface area contributed by atoms with Crippen molar-refractivity contribution in [2.45, 2.75) is 86.0 Å². The van der Waals surface area contributed by atoms with Crippen LogP contribution in [0.2, 0.25) is 0 Å². The van der Waals surface area contributed by atoms with E-state index in [1.165, 1.54) is 51.4 Å². The van der Waals surface area contributed by atoms with E-state index in [2.05, 4.69) is 34.6 Å². The molecule has 0 aliphatic carbocycles. The Morgan fingerprint density at radius 2 is 1.19 bits per heavy atom. The zero-order valence-electron chi connectivity index (χ0n) is 12.4. The average molecular weight is 226 g/mol. The van der Waals surface area contributed by atoms with Gasteiger partial charge in [-0.3, -0.25) is 0 Å². The highest BCUT2D eigenvalue weighted by Crippen LogP contribution is 2.22. The Morgan fingerprint density at radius 1 is 0.688 bits per heavy atom. The number of hydrogen-bond donors (Lipinski definition) is 0. The topological polar surface area (TPSA) is 0 Å². The maximum absolute atomic E-state index is 2.44. The van der Waals surface area contributed by atoms with E-state index in [9.17, 15) is 0 Å². The first-order valence-electron chi connectivity index (χ1n) is 7.60. The second-order valence-corrected chi connectivity index (χ2v) is 6.03. The highest BCUT2D eigenvalue weighted by atomic mass is 14.1. The molecule has 3 atom stereocenters. The van der Waals surface area contributed by atoms with Crippen LogP contribution in [0.15, 0.2) is 0 Å². The maximum atomic E-state index is 2.44. The summed E-state index contributed by atoms with van der Waals surface area (Å²) in [7, 11) is 0. The third kappa shape index (κ3) is 9.24. The first-order chi connectivity index (χ1) is 7.60. The predicted molar refractivity (Wildman–Crippen MR) is 75.8 cm³/mol. The maximum Gasteiger partial charge on any atom is -0.0440 e. The standard InChI is InChI=1S/C16H34/c1-6-8-10-15(4)13-16(5)12-9-11-14(3)7-2/h14-16H,6-13H2,1-5H3. The summed E-state index contributed by atoms with van der Waals surface area (Å²) >= 11 is 0. The molecule has 0 aliphatic rings. The highest BCUT2D eigenvalue weighted by Gasteiger charge is 2.09. The fourth-order valence-electron chi connectivity index (χ4n) is 2.49. The molecule has 0 aromatic rings. The molecule has 0 heterocycles. The fraction of sp³-hybridized carbons (Fsp3) is 1.00. The van der Waals surface area contributed by atoms with Crippen molar-refractivity contribution in [3.63, 3.8) is 0 Å². The first-order valence-corrected chi connectivity index (χ1v) is 7.60. The molecule has 0 saturated heterocycles. The van der Waals surface area contributed by atoms with Crippen LogP contribution in [-0.4, -0.2) is 0 Å². The van der Waals surface area contributed by atoms with Crippen molar-refractivity contribution >= 4 is 0 Å². The van der Waals surface area contributed by atoms with Gasteiger partial charge in [0.05, 0.1) is 0 Å². The van der Waals surface area contributed by atoms with E-state index < -0.39 is 0 Å². The molecule has 0 rings (SSSR count). The molecule has 0 bridgehead atoms. The fourth-order valence-corrected chi connectivity index (χ4v) is 2.49. The van der Waals surface area contributed by atoms with Crippen molar-refractivity contribution < 1.29 is 0 Å². The molecule has 16 heavy (non-hydrogen) atoms. The summed E-state index contributed by atoms with van der Waals surface area (Å²) in [6.07, 6.45) is 11.3. The van der Waals surface area contributed by atoms with Crippen LogP contribution in [0, 0.1) is 17.8 Å². The largest absolute Gasteiger partial charge is 0.0654 e. The second kappa shape index (κ2) is 10.2. The van der Waals surface area contributed by atoms with E-state index in [4.69, 9.17) is 0 Å². The molecule has 3 unspecified atom stereocenters. The Hall–Kier alpha value is 0. The third-order valence-electron chi connectivity index (χ3n) is 3.95. The Labute approximate surface area is 104 Å². The van der Waals surface area contributed by atoms with Crippen molar-refractivity contribution in [1.82, 2.24) is 0 Å². The summed E-state index contributed by atoms with van der Waals surface area (Å²) in [6, 6.07) is 0. The lowest BCUT2D eigenvalue weighted by molar-refractivity contribution is 0.350. The Bertz CT molecular complexity index is 139. The molecule has 0 aromatic carbocycles. The zero-order chi connectivity index (χ0) is 12.4. The Balaban J connectivity index is 3.46. The molecule has 0 radical (unpaired) electrons. The summed E-state index contributed by atoms with van der Waals surface area (Å²) < 4.78 is 0. The van der Waals surface area contributed by atoms with Crippen molar-refractivity contribution in [1.29, 1.82) is 0 Å². The summed E-state index contributed by atoms with van der Waals surface area (Å²) in [5, 5.41) is 0. The van der Waals surface area contributed by atoms with E-state index in [1.54, 1.807) is 0 Å². The van der Waals surface area contributed by atoms with Gasteiger partial charge in [0, 0.05) is 0 Å². The van der Waals surface area contributed by atoms with Gasteiger partial charge >= 0.3 is 0 Å². The van der Waals surface area contributed by atoms with Crippen LogP contribution < -0.4 is 0 Å². The van der Waals surface area contributed by atoms with Gasteiger partial charge in [-0.15, -0.1) is 0 Å². The molecule has 98 valence electrons. The summed E-state index contributed by atoms with van der Waals surface area (Å²) in [4.78, 5) is 0. The summed E-state index contributed by atoms with van der Waals surface area (Å²) in [5.41, 5.74) is 0. The van der Waals surface area contributed by atoms with Gasteiger partial charge in [-0.2, -0.15) is 0 Å². The average Bonchev–Trinajstić information content (AvgIpc) is 2.25. The smallest absolute Gasteiger partial charge is 0.0440 e. The molecule has 0 heteroatoms. The van der Waals surface area contributed by atoms with Crippen molar-refractivity contribution in [3.8, 4) is 0 Å². The predicted octanol–water partition coefficient (Wildman–Crippen LogP) is 6.06. The Morgan fingerprint density at radius 3 is 1.69 bits per heavy atom. The quantitative estimate of drug-likeness (QED) is 0.425. The van der Waals surface area contributed by atoms with E-state index in [1.807, 2.05) is 0 Å². The normalized spacial score (nSPS) is 17.1. The zero-order valence-corrected chi connectivity index (χ0v) is 12.4.